The summed E-state index contributed by atoms with van der Waals surface area (Å²) in [5, 5.41) is 0. The van der Waals surface area contributed by atoms with E-state index in [9.17, 15) is 0 Å². The predicted molar refractivity (Wildman–Crippen MR) is 96.7 cm³/mol. The second-order valence-electron chi connectivity index (χ2n) is 8.29. The number of aromatic nitrogens is 1. The maximum Gasteiger partial charge on any atom is 4.00 e. The van der Waals surface area contributed by atoms with E-state index in [1.807, 2.05) is 6.20 Å². The van der Waals surface area contributed by atoms with Crippen LogP contribution in [0.2, 0.25) is 0 Å². The van der Waals surface area contributed by atoms with Crippen LogP contribution < -0.4 is 24.8 Å². The van der Waals surface area contributed by atoms with Crippen molar-refractivity contribution in [3.05, 3.63) is 35.9 Å². The Kier molecular flexibility index (Phi) is 21.2. The molecule has 0 fully saturated rings. The average molecular weight is 430 g/mol. The van der Waals surface area contributed by atoms with Crippen LogP contribution in [0, 0.1) is 22.7 Å². The second kappa shape index (κ2) is 14.5. The molecular weight excluding hydrogens is 393 g/mol. The molecule has 25 heavy (non-hydrogen) atoms. The number of hydrogen-bond donors (Lipinski definition) is 1. The van der Waals surface area contributed by atoms with Gasteiger partial charge in [0.15, 0.2) is 0 Å². The molecule has 0 aliphatic rings. The average Bonchev–Trinajstić information content (AvgIpc) is 2.78. The number of rotatable bonds is 5. The molecule has 3 nitrogen and oxygen atoms in total. The summed E-state index contributed by atoms with van der Waals surface area (Å²) in [6.07, 6.45) is 4.37. The Morgan fingerprint density at radius 3 is 1.48 bits per heavy atom. The van der Waals surface area contributed by atoms with Crippen molar-refractivity contribution in [3.63, 3.8) is 0 Å². The first-order valence-corrected chi connectivity index (χ1v) is 7.81. The van der Waals surface area contributed by atoms with Gasteiger partial charge in [0.2, 0.25) is 0 Å². The largest absolute Gasteiger partial charge is 4.00 e. The van der Waals surface area contributed by atoms with Gasteiger partial charge >= 0.3 is 21.7 Å². The minimum absolute atomic E-state index is 0. The van der Waals surface area contributed by atoms with Gasteiger partial charge in [-0.25, -0.2) is 0 Å². The van der Waals surface area contributed by atoms with E-state index < -0.39 is 0 Å². The zero-order valence-corrected chi connectivity index (χ0v) is 20.1. The van der Waals surface area contributed by atoms with Crippen molar-refractivity contribution in [1.82, 2.24) is 4.98 Å². The first-order valence-electron chi connectivity index (χ1n) is 7.81. The fourth-order valence-electron chi connectivity index (χ4n) is 2.24. The van der Waals surface area contributed by atoms with Crippen molar-refractivity contribution in [1.29, 1.82) is 0 Å². The fourth-order valence-corrected chi connectivity index (χ4v) is 2.24. The smallest absolute Gasteiger partial charge is 1.00 e. The van der Waals surface area contributed by atoms with Crippen molar-refractivity contribution < 1.29 is 57.5 Å². The van der Waals surface area contributed by atoms with Crippen molar-refractivity contribution in [3.8, 4) is 0 Å². The summed E-state index contributed by atoms with van der Waals surface area (Å²) < 4.78 is 0. The predicted octanol–water partition coefficient (Wildman–Crippen LogP) is -1.48. The van der Waals surface area contributed by atoms with Crippen molar-refractivity contribution in [2.75, 3.05) is 0 Å². The van der Waals surface area contributed by atoms with Gasteiger partial charge < -0.3 is 52.6 Å². The standard InChI is InChI=1S/C19H33N.2ClH.2H2O.Ti/c1-14(18(3,4)5)12-16(17-10-9-11-20-17)13-15(2)19(6,7)8;;;;;/h9-11,16,20H,12-13H2,1-8H3;2*1H;2*1H2;/q-2;;;;;+4/p-2. The van der Waals surface area contributed by atoms with Gasteiger partial charge in [0, 0.05) is 11.9 Å². The second-order valence-corrected chi connectivity index (χ2v) is 8.29. The van der Waals surface area contributed by atoms with E-state index in [4.69, 9.17) is 0 Å². The van der Waals surface area contributed by atoms with Crippen LogP contribution in [0.5, 0.6) is 0 Å². The summed E-state index contributed by atoms with van der Waals surface area (Å²) in [6, 6.07) is 4.34. The summed E-state index contributed by atoms with van der Waals surface area (Å²) in [4.78, 5) is 3.42. The van der Waals surface area contributed by atoms with Crippen molar-refractivity contribution >= 4 is 0 Å². The third-order valence-electron chi connectivity index (χ3n) is 4.73. The van der Waals surface area contributed by atoms with E-state index in [2.05, 4.69) is 72.5 Å². The van der Waals surface area contributed by atoms with Gasteiger partial charge in [-0.1, -0.05) is 47.5 Å². The Balaban J connectivity index is -0.000000267. The minimum atomic E-state index is 0. The van der Waals surface area contributed by atoms with Crippen LogP contribution in [0.15, 0.2) is 18.3 Å². The Bertz CT molecular complexity index is 379. The molecule has 0 saturated carbocycles. The normalized spacial score (nSPS) is 11.0. The molecule has 0 bridgehead atoms. The molecule has 0 aromatic carbocycles. The Hall–Kier alpha value is 0.494. The zero-order chi connectivity index (χ0) is 15.6. The molecule has 0 saturated heterocycles. The Labute approximate surface area is 182 Å². The van der Waals surface area contributed by atoms with E-state index in [-0.39, 0.29) is 57.5 Å². The fraction of sp³-hybridized carbons (Fsp3) is 0.684. The monoisotopic (exact) mass is 429 g/mol. The van der Waals surface area contributed by atoms with E-state index in [0.717, 1.165) is 12.8 Å². The molecule has 0 atom stereocenters. The molecule has 1 heterocycles. The van der Waals surface area contributed by atoms with E-state index >= 15 is 0 Å². The number of H-pyrrole nitrogens is 1. The molecular formula is C19H37Cl2NO2Ti. The molecule has 0 unspecified atom stereocenters. The summed E-state index contributed by atoms with van der Waals surface area (Å²) in [6.45, 7) is 18.5. The number of halogens is 2. The van der Waals surface area contributed by atoms with Gasteiger partial charge in [-0.05, 0) is 12.1 Å². The van der Waals surface area contributed by atoms with Gasteiger partial charge in [0.05, 0.1) is 0 Å². The molecule has 1 aromatic heterocycles. The Morgan fingerprint density at radius 1 is 0.880 bits per heavy atom. The third-order valence-corrected chi connectivity index (χ3v) is 4.73. The molecule has 0 aliphatic carbocycles. The molecule has 1 rings (SSSR count). The van der Waals surface area contributed by atoms with E-state index in [0.29, 0.717) is 16.7 Å². The first-order chi connectivity index (χ1) is 9.01. The SMILES string of the molecule is C[C-](CC(C[C-](C)C(C)(C)C)c1ccc[nH]1)C(C)(C)C.O.O.[Cl-].[Cl-].[Ti+4]. The van der Waals surface area contributed by atoms with Gasteiger partial charge in [-0.15, -0.1) is 0 Å². The first kappa shape index (κ1) is 36.4. The third kappa shape index (κ3) is 12.5. The molecule has 5 N–H and O–H groups in total. The molecule has 148 valence electrons. The van der Waals surface area contributed by atoms with Crippen LogP contribution in [0.3, 0.4) is 0 Å². The van der Waals surface area contributed by atoms with Crippen LogP contribution in [-0.4, -0.2) is 15.9 Å². The Morgan fingerprint density at radius 2 is 1.24 bits per heavy atom. The molecule has 0 spiro atoms. The summed E-state index contributed by atoms with van der Waals surface area (Å²) in [7, 11) is 0. The van der Waals surface area contributed by atoms with Crippen LogP contribution in [0.4, 0.5) is 0 Å². The molecule has 0 aliphatic heterocycles. The quantitative estimate of drug-likeness (QED) is 0.437. The maximum absolute atomic E-state index is 3.42. The molecule has 0 amide bonds. The number of aromatic amines is 1. The maximum atomic E-state index is 3.42. The topological polar surface area (TPSA) is 78.8 Å². The summed E-state index contributed by atoms with van der Waals surface area (Å²) >= 11 is 0. The van der Waals surface area contributed by atoms with Gasteiger partial charge in [-0.2, -0.15) is 37.5 Å². The van der Waals surface area contributed by atoms with Crippen LogP contribution in [0.25, 0.3) is 0 Å². The van der Waals surface area contributed by atoms with Crippen molar-refractivity contribution in [2.45, 2.75) is 74.1 Å². The van der Waals surface area contributed by atoms with Gasteiger partial charge in [0.25, 0.3) is 0 Å². The van der Waals surface area contributed by atoms with Gasteiger partial charge in [-0.3, -0.25) is 0 Å². The van der Waals surface area contributed by atoms with E-state index in [1.165, 1.54) is 5.69 Å². The number of nitrogens with one attached hydrogen (secondary N) is 1. The van der Waals surface area contributed by atoms with Crippen LogP contribution >= 0.6 is 0 Å². The number of hydrogen-bond acceptors (Lipinski definition) is 0. The molecule has 1 aromatic rings. The van der Waals surface area contributed by atoms with E-state index in [1.54, 1.807) is 11.8 Å². The summed E-state index contributed by atoms with van der Waals surface area (Å²) in [5.41, 5.74) is 1.96. The van der Waals surface area contributed by atoms with Crippen LogP contribution in [0.1, 0.15) is 79.8 Å². The zero-order valence-electron chi connectivity index (χ0n) is 17.0. The molecule has 6 heteroatoms. The van der Waals surface area contributed by atoms with Crippen molar-refractivity contribution in [2.24, 2.45) is 10.8 Å². The summed E-state index contributed by atoms with van der Waals surface area (Å²) in [5.74, 6) is 3.74. The van der Waals surface area contributed by atoms with Gasteiger partial charge in [0.1, 0.15) is 0 Å². The van der Waals surface area contributed by atoms with Crippen LogP contribution in [-0.2, 0) is 21.7 Å². The minimum Gasteiger partial charge on any atom is -1.00 e. The molecule has 0 radical (unpaired) electrons.